The lowest BCUT2D eigenvalue weighted by Crippen LogP contribution is -2.63. The lowest BCUT2D eigenvalue weighted by molar-refractivity contribution is -0.00310. The van der Waals surface area contributed by atoms with Crippen LogP contribution in [0.1, 0.15) is 24.3 Å². The van der Waals surface area contributed by atoms with Gasteiger partial charge >= 0.3 is 0 Å². The maximum atomic E-state index is 3.77. The minimum absolute atomic E-state index is 0.521. The van der Waals surface area contributed by atoms with E-state index < -0.39 is 0 Å². The topological polar surface area (TPSA) is 18.5 Å². The molecule has 0 radical (unpaired) electrons. The molecule has 18 heavy (non-hydrogen) atoms. The smallest absolute Gasteiger partial charge is 0.0585 e. The molecule has 1 N–H and O–H groups in total. The number of nitrogens with one attached hydrogen (secondary N) is 1. The molecule has 2 atom stereocenters. The first-order chi connectivity index (χ1) is 8.88. The van der Waals surface area contributed by atoms with Crippen molar-refractivity contribution in [1.29, 1.82) is 0 Å². The van der Waals surface area contributed by atoms with Gasteiger partial charge in [-0.05, 0) is 24.4 Å². The third-order valence-corrected chi connectivity index (χ3v) is 5.13. The van der Waals surface area contributed by atoms with E-state index in [0.29, 0.717) is 12.1 Å². The first kappa shape index (κ1) is 12.6. The highest BCUT2D eigenvalue weighted by Crippen LogP contribution is 2.29. The summed E-state index contributed by atoms with van der Waals surface area (Å²) < 4.78 is 0. The second kappa shape index (κ2) is 5.70. The molecule has 3 nitrogen and oxygen atoms in total. The Labute approximate surface area is 114 Å². The zero-order chi connectivity index (χ0) is 12.4. The summed E-state index contributed by atoms with van der Waals surface area (Å²) in [7, 11) is 0. The van der Waals surface area contributed by atoms with Crippen LogP contribution in [0.25, 0.3) is 0 Å². The zero-order valence-electron chi connectivity index (χ0n) is 11.1. The molecule has 3 aliphatic rings. The van der Waals surface area contributed by atoms with E-state index in [0.717, 1.165) is 6.54 Å². The molecule has 3 aliphatic heterocycles. The Kier molecular flexibility index (Phi) is 3.99. The van der Waals surface area contributed by atoms with Gasteiger partial charge < -0.3 is 5.32 Å². The predicted molar refractivity (Wildman–Crippen MR) is 77.2 cm³/mol. The van der Waals surface area contributed by atoms with E-state index in [2.05, 4.69) is 39.6 Å². The Morgan fingerprint density at radius 1 is 1.39 bits per heavy atom. The molecule has 4 heterocycles. The summed E-state index contributed by atoms with van der Waals surface area (Å²) in [5.74, 6) is 0. The molecule has 100 valence electrons. The summed E-state index contributed by atoms with van der Waals surface area (Å²) >= 11 is 1.89. The molecule has 4 heteroatoms. The number of rotatable bonds is 5. The lowest BCUT2D eigenvalue weighted by atomic mass is 9.98. The van der Waals surface area contributed by atoms with Gasteiger partial charge in [-0.3, -0.25) is 9.80 Å². The van der Waals surface area contributed by atoms with E-state index >= 15 is 0 Å². The van der Waals surface area contributed by atoms with Crippen LogP contribution in [-0.2, 0) is 0 Å². The lowest BCUT2D eigenvalue weighted by Gasteiger charge is -2.50. The number of piperazine rings is 3. The van der Waals surface area contributed by atoms with Crippen molar-refractivity contribution in [3.8, 4) is 0 Å². The van der Waals surface area contributed by atoms with Crippen LogP contribution < -0.4 is 5.32 Å². The summed E-state index contributed by atoms with van der Waals surface area (Å²) in [6, 6.07) is 5.65. The van der Waals surface area contributed by atoms with Gasteiger partial charge in [0.2, 0.25) is 0 Å². The molecule has 2 unspecified atom stereocenters. The third kappa shape index (κ3) is 2.48. The minimum atomic E-state index is 0.521. The van der Waals surface area contributed by atoms with Gasteiger partial charge in [0.1, 0.15) is 0 Å². The van der Waals surface area contributed by atoms with Crippen LogP contribution in [0, 0.1) is 0 Å². The summed E-state index contributed by atoms with van der Waals surface area (Å²) in [5, 5.41) is 5.97. The molecule has 0 saturated carbocycles. The minimum Gasteiger partial charge on any atom is -0.308 e. The van der Waals surface area contributed by atoms with Crippen molar-refractivity contribution in [3.63, 3.8) is 0 Å². The maximum absolute atomic E-state index is 3.77. The molecular weight excluding hydrogens is 242 g/mol. The van der Waals surface area contributed by atoms with Crippen molar-refractivity contribution in [2.24, 2.45) is 0 Å². The largest absolute Gasteiger partial charge is 0.308 e. The highest BCUT2D eigenvalue weighted by atomic mass is 32.1. The summed E-state index contributed by atoms with van der Waals surface area (Å²) in [6.45, 7) is 9.63. The molecule has 0 amide bonds. The highest BCUT2D eigenvalue weighted by molar-refractivity contribution is 7.10. The standard InChI is InChI=1S/C14H23N3S/c1-2-5-15-14(13-4-3-10-18-13)12-11-16-6-8-17(12)9-7-16/h3-4,10,12,14-15H,2,5-9,11H2,1H3. The van der Waals surface area contributed by atoms with Crippen LogP contribution in [0.5, 0.6) is 0 Å². The van der Waals surface area contributed by atoms with Gasteiger partial charge in [0.25, 0.3) is 0 Å². The third-order valence-electron chi connectivity index (χ3n) is 4.17. The van der Waals surface area contributed by atoms with Crippen LogP contribution >= 0.6 is 11.3 Å². The Hall–Kier alpha value is -0.420. The molecule has 4 rings (SSSR count). The monoisotopic (exact) mass is 265 g/mol. The highest BCUT2D eigenvalue weighted by Gasteiger charge is 2.37. The van der Waals surface area contributed by atoms with Gasteiger partial charge in [0.05, 0.1) is 6.04 Å². The normalized spacial score (nSPS) is 32.6. The molecule has 0 spiro atoms. The predicted octanol–water partition coefficient (Wildman–Crippen LogP) is 1.79. The van der Waals surface area contributed by atoms with Crippen molar-refractivity contribution in [3.05, 3.63) is 22.4 Å². The molecule has 1 aromatic rings. The van der Waals surface area contributed by atoms with Crippen LogP contribution in [0.3, 0.4) is 0 Å². The molecule has 1 aromatic heterocycles. The van der Waals surface area contributed by atoms with E-state index in [9.17, 15) is 0 Å². The van der Waals surface area contributed by atoms with Gasteiger partial charge in [-0.1, -0.05) is 13.0 Å². The van der Waals surface area contributed by atoms with Crippen molar-refractivity contribution in [2.45, 2.75) is 25.4 Å². The molecular formula is C14H23N3S. The van der Waals surface area contributed by atoms with E-state index in [-0.39, 0.29) is 0 Å². The molecule has 0 aliphatic carbocycles. The van der Waals surface area contributed by atoms with E-state index in [4.69, 9.17) is 0 Å². The number of nitrogens with zero attached hydrogens (tertiary/aromatic N) is 2. The summed E-state index contributed by atoms with van der Waals surface area (Å²) in [6.07, 6.45) is 1.21. The average Bonchev–Trinajstić information content (AvgIpc) is 2.95. The first-order valence-electron chi connectivity index (χ1n) is 7.11. The number of hydrogen-bond acceptors (Lipinski definition) is 4. The van der Waals surface area contributed by atoms with Crippen molar-refractivity contribution < 1.29 is 0 Å². The van der Waals surface area contributed by atoms with Crippen LogP contribution in [-0.4, -0.2) is 55.1 Å². The Bertz CT molecular complexity index is 357. The zero-order valence-corrected chi connectivity index (χ0v) is 12.0. The van der Waals surface area contributed by atoms with Crippen molar-refractivity contribution >= 4 is 11.3 Å². The SMILES string of the molecule is CCCNC(c1cccs1)C1CN2CCN1CC2. The summed E-state index contributed by atoms with van der Waals surface area (Å²) in [4.78, 5) is 6.81. The first-order valence-corrected chi connectivity index (χ1v) is 7.99. The number of hydrogen-bond donors (Lipinski definition) is 1. The van der Waals surface area contributed by atoms with Gasteiger partial charge in [-0.2, -0.15) is 0 Å². The molecule has 2 bridgehead atoms. The van der Waals surface area contributed by atoms with Crippen molar-refractivity contribution in [2.75, 3.05) is 39.3 Å². The molecule has 0 aromatic carbocycles. The molecule has 3 saturated heterocycles. The second-order valence-electron chi connectivity index (χ2n) is 5.35. The number of thiophene rings is 1. The van der Waals surface area contributed by atoms with Crippen LogP contribution in [0.15, 0.2) is 17.5 Å². The van der Waals surface area contributed by atoms with Gasteiger partial charge in [-0.25, -0.2) is 0 Å². The van der Waals surface area contributed by atoms with Crippen molar-refractivity contribution in [1.82, 2.24) is 15.1 Å². The fraction of sp³-hybridized carbons (Fsp3) is 0.714. The number of fused-ring (bicyclic) bond motifs is 3. The Morgan fingerprint density at radius 2 is 2.22 bits per heavy atom. The van der Waals surface area contributed by atoms with Crippen LogP contribution in [0.4, 0.5) is 0 Å². The quantitative estimate of drug-likeness (QED) is 0.875. The van der Waals surface area contributed by atoms with Gasteiger partial charge in [0, 0.05) is 43.6 Å². The summed E-state index contributed by atoms with van der Waals surface area (Å²) in [5.41, 5.74) is 0. The van der Waals surface area contributed by atoms with E-state index in [1.807, 2.05) is 11.3 Å². The second-order valence-corrected chi connectivity index (χ2v) is 6.33. The van der Waals surface area contributed by atoms with Gasteiger partial charge in [0.15, 0.2) is 0 Å². The Morgan fingerprint density at radius 3 is 2.78 bits per heavy atom. The Balaban J connectivity index is 1.76. The molecule has 3 fully saturated rings. The van der Waals surface area contributed by atoms with E-state index in [1.165, 1.54) is 44.0 Å². The van der Waals surface area contributed by atoms with Gasteiger partial charge in [-0.15, -0.1) is 11.3 Å². The fourth-order valence-corrected chi connectivity index (χ4v) is 4.03. The maximum Gasteiger partial charge on any atom is 0.0585 e. The van der Waals surface area contributed by atoms with E-state index in [1.54, 1.807) is 0 Å². The fourth-order valence-electron chi connectivity index (χ4n) is 3.17. The average molecular weight is 265 g/mol. The van der Waals surface area contributed by atoms with Crippen LogP contribution in [0.2, 0.25) is 0 Å².